The number of ether oxygens (including phenoxy) is 1. The second-order valence-corrected chi connectivity index (χ2v) is 4.59. The summed E-state index contributed by atoms with van der Waals surface area (Å²) in [5.41, 5.74) is 0.0702. The van der Waals surface area contributed by atoms with Crippen LogP contribution in [0.3, 0.4) is 0 Å². The van der Waals surface area contributed by atoms with E-state index >= 15 is 0 Å². The lowest BCUT2D eigenvalue weighted by atomic mass is 10.1. The first-order chi connectivity index (χ1) is 8.61. The highest BCUT2D eigenvalue weighted by Crippen LogP contribution is 2.45. The van der Waals surface area contributed by atoms with Crippen LogP contribution in [-0.2, 0) is 11.3 Å². The zero-order valence-electron chi connectivity index (χ0n) is 10.2. The Morgan fingerprint density at radius 1 is 1.56 bits per heavy atom. The van der Waals surface area contributed by atoms with E-state index in [1.54, 1.807) is 6.07 Å². The summed E-state index contributed by atoms with van der Waals surface area (Å²) in [7, 11) is 1.40. The standard InChI is InChI=1S/C13H16FNO3/c1-18-11-3-2-9(6-10(11)14)7-15-12(17)13(8-16)4-5-13/h2-3,6,16H,4-5,7-8H2,1H3,(H,15,17). The first-order valence-corrected chi connectivity index (χ1v) is 5.83. The lowest BCUT2D eigenvalue weighted by molar-refractivity contribution is -0.127. The highest BCUT2D eigenvalue weighted by atomic mass is 19.1. The molecule has 1 aromatic rings. The van der Waals surface area contributed by atoms with E-state index in [1.165, 1.54) is 19.2 Å². The molecule has 2 N–H and O–H groups in total. The zero-order chi connectivity index (χ0) is 13.2. The molecule has 0 heterocycles. The van der Waals surface area contributed by atoms with Gasteiger partial charge in [0.25, 0.3) is 0 Å². The number of methoxy groups -OCH3 is 1. The summed E-state index contributed by atoms with van der Waals surface area (Å²) in [4.78, 5) is 11.8. The third-order valence-corrected chi connectivity index (χ3v) is 3.31. The third-order valence-electron chi connectivity index (χ3n) is 3.31. The number of carbonyl (C=O) groups is 1. The molecular formula is C13H16FNO3. The quantitative estimate of drug-likeness (QED) is 0.829. The van der Waals surface area contributed by atoms with Crippen LogP contribution in [0.4, 0.5) is 4.39 Å². The van der Waals surface area contributed by atoms with Crippen molar-refractivity contribution in [1.29, 1.82) is 0 Å². The molecule has 0 aromatic heterocycles. The molecule has 2 rings (SSSR count). The predicted molar refractivity (Wildman–Crippen MR) is 63.6 cm³/mol. The van der Waals surface area contributed by atoms with Crippen molar-refractivity contribution in [2.45, 2.75) is 19.4 Å². The van der Waals surface area contributed by atoms with Crippen molar-refractivity contribution in [3.8, 4) is 5.75 Å². The lowest BCUT2D eigenvalue weighted by Crippen LogP contribution is -2.33. The summed E-state index contributed by atoms with van der Waals surface area (Å²) >= 11 is 0. The molecule has 5 heteroatoms. The van der Waals surface area contributed by atoms with E-state index in [4.69, 9.17) is 9.84 Å². The molecule has 1 amide bonds. The minimum Gasteiger partial charge on any atom is -0.494 e. The molecule has 0 atom stereocenters. The minimum atomic E-state index is -0.592. The monoisotopic (exact) mass is 253 g/mol. The molecule has 0 unspecified atom stereocenters. The van der Waals surface area contributed by atoms with Crippen molar-refractivity contribution in [1.82, 2.24) is 5.32 Å². The first kappa shape index (κ1) is 12.8. The summed E-state index contributed by atoms with van der Waals surface area (Å²) < 4.78 is 18.2. The Balaban J connectivity index is 1.94. The number of nitrogens with one attached hydrogen (secondary N) is 1. The molecule has 0 spiro atoms. The summed E-state index contributed by atoms with van der Waals surface area (Å²) in [6.07, 6.45) is 1.43. The van der Waals surface area contributed by atoms with Crippen molar-refractivity contribution in [3.05, 3.63) is 29.6 Å². The largest absolute Gasteiger partial charge is 0.494 e. The second-order valence-electron chi connectivity index (χ2n) is 4.59. The van der Waals surface area contributed by atoms with Crippen molar-refractivity contribution in [2.75, 3.05) is 13.7 Å². The molecule has 0 radical (unpaired) electrons. The Morgan fingerprint density at radius 2 is 2.28 bits per heavy atom. The fourth-order valence-corrected chi connectivity index (χ4v) is 1.80. The number of amides is 1. The molecule has 1 fully saturated rings. The number of aliphatic hydroxyl groups is 1. The molecular weight excluding hydrogens is 237 g/mol. The van der Waals surface area contributed by atoms with Gasteiger partial charge in [0.1, 0.15) is 0 Å². The van der Waals surface area contributed by atoms with E-state index in [1.807, 2.05) is 0 Å². The lowest BCUT2D eigenvalue weighted by Gasteiger charge is -2.12. The molecule has 0 aliphatic heterocycles. The van der Waals surface area contributed by atoms with E-state index in [2.05, 4.69) is 5.32 Å². The van der Waals surface area contributed by atoms with Crippen LogP contribution in [0, 0.1) is 11.2 Å². The van der Waals surface area contributed by atoms with Gasteiger partial charge >= 0.3 is 0 Å². The minimum absolute atomic E-state index is 0.129. The zero-order valence-corrected chi connectivity index (χ0v) is 10.2. The fourth-order valence-electron chi connectivity index (χ4n) is 1.80. The molecule has 0 saturated heterocycles. The van der Waals surface area contributed by atoms with Crippen molar-refractivity contribution < 1.29 is 19.0 Å². The number of rotatable bonds is 5. The van der Waals surface area contributed by atoms with Crippen molar-refractivity contribution >= 4 is 5.91 Å². The van der Waals surface area contributed by atoms with Gasteiger partial charge in [0.15, 0.2) is 11.6 Å². The van der Waals surface area contributed by atoms with Crippen molar-refractivity contribution in [2.24, 2.45) is 5.41 Å². The van der Waals surface area contributed by atoms with Gasteiger partial charge in [-0.1, -0.05) is 6.07 Å². The van der Waals surface area contributed by atoms with Crippen LogP contribution in [0.25, 0.3) is 0 Å². The second kappa shape index (κ2) is 4.94. The first-order valence-electron chi connectivity index (χ1n) is 5.83. The molecule has 1 aliphatic rings. The maximum Gasteiger partial charge on any atom is 0.228 e. The van der Waals surface area contributed by atoms with E-state index in [9.17, 15) is 9.18 Å². The summed E-state index contributed by atoms with van der Waals surface area (Å²) in [5.74, 6) is -0.437. The Morgan fingerprint density at radius 3 is 2.78 bits per heavy atom. The van der Waals surface area contributed by atoms with E-state index in [0.717, 1.165) is 0 Å². The maximum atomic E-state index is 13.4. The van der Waals surface area contributed by atoms with Crippen LogP contribution in [0.1, 0.15) is 18.4 Å². The molecule has 18 heavy (non-hydrogen) atoms. The molecule has 4 nitrogen and oxygen atoms in total. The van der Waals surface area contributed by atoms with Crippen LogP contribution in [0.15, 0.2) is 18.2 Å². The number of benzene rings is 1. The summed E-state index contributed by atoms with van der Waals surface area (Å²) in [6.45, 7) is 0.122. The van der Waals surface area contributed by atoms with Gasteiger partial charge in [-0.05, 0) is 30.5 Å². The van der Waals surface area contributed by atoms with Gasteiger partial charge in [-0.2, -0.15) is 0 Å². The third kappa shape index (κ3) is 2.46. The number of halogens is 1. The van der Waals surface area contributed by atoms with Crippen LogP contribution in [0.5, 0.6) is 5.75 Å². The van der Waals surface area contributed by atoms with Crippen LogP contribution in [0.2, 0.25) is 0 Å². The van der Waals surface area contributed by atoms with E-state index in [-0.39, 0.29) is 24.8 Å². The topological polar surface area (TPSA) is 58.6 Å². The Hall–Kier alpha value is -1.62. The van der Waals surface area contributed by atoms with Crippen LogP contribution >= 0.6 is 0 Å². The fraction of sp³-hybridized carbons (Fsp3) is 0.462. The van der Waals surface area contributed by atoms with Gasteiger partial charge in [0, 0.05) is 6.54 Å². The average Bonchev–Trinajstić information content (AvgIpc) is 3.17. The molecule has 1 aliphatic carbocycles. The summed E-state index contributed by atoms with van der Waals surface area (Å²) in [5, 5.41) is 11.8. The Kier molecular flexibility index (Phi) is 3.52. The number of carbonyl (C=O) groups excluding carboxylic acids is 1. The highest BCUT2D eigenvalue weighted by molar-refractivity contribution is 5.85. The molecule has 0 bridgehead atoms. The highest BCUT2D eigenvalue weighted by Gasteiger charge is 2.49. The normalized spacial score (nSPS) is 16.2. The summed E-state index contributed by atoms with van der Waals surface area (Å²) in [6, 6.07) is 4.55. The molecule has 98 valence electrons. The van der Waals surface area contributed by atoms with Crippen LogP contribution in [-0.4, -0.2) is 24.7 Å². The van der Waals surface area contributed by atoms with Gasteiger partial charge in [-0.3, -0.25) is 4.79 Å². The SMILES string of the molecule is COc1ccc(CNC(=O)C2(CO)CC2)cc1F. The number of hydrogen-bond acceptors (Lipinski definition) is 3. The number of aliphatic hydroxyl groups excluding tert-OH is 1. The Labute approximate surface area is 105 Å². The van der Waals surface area contributed by atoms with Gasteiger partial charge < -0.3 is 15.2 Å². The number of hydrogen-bond donors (Lipinski definition) is 2. The van der Waals surface area contributed by atoms with E-state index < -0.39 is 11.2 Å². The van der Waals surface area contributed by atoms with Gasteiger partial charge in [0.05, 0.1) is 19.1 Å². The van der Waals surface area contributed by atoms with Crippen molar-refractivity contribution in [3.63, 3.8) is 0 Å². The van der Waals surface area contributed by atoms with Gasteiger partial charge in [-0.25, -0.2) is 4.39 Å². The van der Waals surface area contributed by atoms with Crippen LogP contribution < -0.4 is 10.1 Å². The molecule has 1 aromatic carbocycles. The predicted octanol–water partition coefficient (Wildman–Crippen LogP) is 1.22. The smallest absolute Gasteiger partial charge is 0.228 e. The average molecular weight is 253 g/mol. The van der Waals surface area contributed by atoms with E-state index in [0.29, 0.717) is 18.4 Å². The maximum absolute atomic E-state index is 13.4. The van der Waals surface area contributed by atoms with Gasteiger partial charge in [-0.15, -0.1) is 0 Å². The van der Waals surface area contributed by atoms with Gasteiger partial charge in [0.2, 0.25) is 5.91 Å². The Bertz CT molecular complexity index is 458. The molecule has 1 saturated carbocycles.